The molecule has 1 amide bonds. The van der Waals surface area contributed by atoms with E-state index in [9.17, 15) is 4.79 Å². The molecule has 1 saturated heterocycles. The summed E-state index contributed by atoms with van der Waals surface area (Å²) in [5, 5.41) is 2.78. The summed E-state index contributed by atoms with van der Waals surface area (Å²) in [6, 6.07) is 5.21. The first kappa shape index (κ1) is 12.9. The van der Waals surface area contributed by atoms with Crippen molar-refractivity contribution in [3.63, 3.8) is 0 Å². The largest absolute Gasteiger partial charge is 0.380 e. The Labute approximate surface area is 100.0 Å². The Morgan fingerprint density at radius 2 is 2.44 bits per heavy atom. The molecule has 4 nitrogen and oxygen atoms in total. The minimum Gasteiger partial charge on any atom is -0.380 e. The number of hydrogen-bond acceptors (Lipinski definition) is 3. The summed E-state index contributed by atoms with van der Waals surface area (Å²) in [7, 11) is 1.58. The van der Waals surface area contributed by atoms with Crippen LogP contribution in [0.4, 0.5) is 0 Å². The van der Waals surface area contributed by atoms with Crippen LogP contribution < -0.4 is 5.32 Å². The van der Waals surface area contributed by atoms with Gasteiger partial charge in [0.15, 0.2) is 0 Å². The lowest BCUT2D eigenvalue weighted by molar-refractivity contribution is 0.0958. The van der Waals surface area contributed by atoms with Crippen LogP contribution >= 0.6 is 11.6 Å². The minimum atomic E-state index is -0.152. The number of alkyl halides is 1. The fourth-order valence-electron chi connectivity index (χ4n) is 1.13. The molecule has 5 heteroatoms. The molecule has 1 fully saturated rings. The average Bonchev–Trinajstić information content (AvgIpc) is 2.81. The van der Waals surface area contributed by atoms with Crippen LogP contribution in [0.1, 0.15) is 16.9 Å². The third-order valence-electron chi connectivity index (χ3n) is 2.00. The third kappa shape index (κ3) is 4.59. The predicted molar refractivity (Wildman–Crippen MR) is 62.7 cm³/mol. The van der Waals surface area contributed by atoms with Gasteiger partial charge in [-0.3, -0.25) is 9.78 Å². The zero-order valence-corrected chi connectivity index (χ0v) is 9.91. The quantitative estimate of drug-likeness (QED) is 0.759. The summed E-state index contributed by atoms with van der Waals surface area (Å²) < 4.78 is 4.92. The van der Waals surface area contributed by atoms with Gasteiger partial charge in [0.25, 0.3) is 5.91 Å². The number of nitrogens with one attached hydrogen (secondary N) is 1. The summed E-state index contributed by atoms with van der Waals surface area (Å²) in [4.78, 5) is 14.7. The van der Waals surface area contributed by atoms with Crippen molar-refractivity contribution in [3.05, 3.63) is 30.1 Å². The van der Waals surface area contributed by atoms with Gasteiger partial charge in [-0.25, -0.2) is 0 Å². The van der Waals surface area contributed by atoms with E-state index in [2.05, 4.69) is 10.3 Å². The Hall–Kier alpha value is -1.13. The van der Waals surface area contributed by atoms with Crippen LogP contribution in [0.3, 0.4) is 0 Å². The number of pyridine rings is 1. The van der Waals surface area contributed by atoms with Crippen LogP contribution in [0.25, 0.3) is 0 Å². The van der Waals surface area contributed by atoms with Crippen LogP contribution in [0.2, 0.25) is 0 Å². The zero-order valence-electron chi connectivity index (χ0n) is 9.15. The lowest BCUT2D eigenvalue weighted by Crippen LogP contribution is -2.18. The van der Waals surface area contributed by atoms with Crippen molar-refractivity contribution in [1.82, 2.24) is 10.3 Å². The van der Waals surface area contributed by atoms with Gasteiger partial charge >= 0.3 is 0 Å². The van der Waals surface area contributed by atoms with E-state index < -0.39 is 0 Å². The second kappa shape index (κ2) is 7.19. The van der Waals surface area contributed by atoms with Gasteiger partial charge in [0, 0.05) is 19.9 Å². The molecular weight excluding hydrogens is 228 g/mol. The van der Waals surface area contributed by atoms with E-state index in [0.29, 0.717) is 11.1 Å². The molecule has 2 rings (SSSR count). The highest BCUT2D eigenvalue weighted by atomic mass is 35.5. The monoisotopic (exact) mass is 242 g/mol. The number of carbonyl (C=O) groups excluding carboxylic acids is 1. The number of rotatable bonds is 1. The molecule has 1 aromatic rings. The normalized spacial score (nSPS) is 18.5. The van der Waals surface area contributed by atoms with E-state index in [1.807, 2.05) is 0 Å². The summed E-state index contributed by atoms with van der Waals surface area (Å²) in [6.07, 6.45) is 2.62. The topological polar surface area (TPSA) is 51.2 Å². The molecular formula is C11H15ClN2O2. The molecule has 0 bridgehead atoms. The second-order valence-electron chi connectivity index (χ2n) is 3.25. The Bertz CT molecular complexity index is 313. The van der Waals surface area contributed by atoms with Crippen LogP contribution in [-0.2, 0) is 4.74 Å². The van der Waals surface area contributed by atoms with Gasteiger partial charge < -0.3 is 10.1 Å². The van der Waals surface area contributed by atoms with Crippen LogP contribution in [0.5, 0.6) is 0 Å². The van der Waals surface area contributed by atoms with E-state index in [1.165, 1.54) is 0 Å². The molecule has 88 valence electrons. The summed E-state index contributed by atoms with van der Waals surface area (Å²) in [5.41, 5.74) is 0.449. The highest BCUT2D eigenvalue weighted by Crippen LogP contribution is 2.08. The Balaban J connectivity index is 0.000000181. The molecule has 2 heterocycles. The number of nitrogens with zero attached hydrogens (tertiary/aromatic N) is 1. The van der Waals surface area contributed by atoms with Crippen molar-refractivity contribution < 1.29 is 9.53 Å². The summed E-state index contributed by atoms with van der Waals surface area (Å²) in [6.45, 7) is 1.61. The van der Waals surface area contributed by atoms with Crippen molar-refractivity contribution in [3.8, 4) is 0 Å². The van der Waals surface area contributed by atoms with Crippen molar-refractivity contribution in [2.45, 2.75) is 11.8 Å². The first-order chi connectivity index (χ1) is 7.74. The minimum absolute atomic E-state index is 0.152. The molecule has 1 N–H and O–H groups in total. The summed E-state index contributed by atoms with van der Waals surface area (Å²) >= 11 is 5.59. The fraction of sp³-hybridized carbons (Fsp3) is 0.455. The smallest absolute Gasteiger partial charge is 0.269 e. The predicted octanol–water partition coefficient (Wildman–Crippen LogP) is 1.46. The second-order valence-corrected chi connectivity index (χ2v) is 3.87. The van der Waals surface area contributed by atoms with Crippen molar-refractivity contribution in [2.24, 2.45) is 0 Å². The van der Waals surface area contributed by atoms with Crippen molar-refractivity contribution in [1.29, 1.82) is 0 Å². The standard InChI is InChI=1S/C7H8N2O.C4H7ClO/c1-8-7(10)6-4-2-3-5-9-6;5-4-1-2-6-3-4/h2-5H,1H3,(H,8,10);4H,1-3H2. The number of ether oxygens (including phenoxy) is 1. The van der Waals surface area contributed by atoms with Gasteiger partial charge in [0.05, 0.1) is 12.0 Å². The van der Waals surface area contributed by atoms with Gasteiger partial charge in [-0.1, -0.05) is 6.07 Å². The number of amides is 1. The first-order valence-corrected chi connectivity index (χ1v) is 5.52. The van der Waals surface area contributed by atoms with Crippen molar-refractivity contribution in [2.75, 3.05) is 20.3 Å². The van der Waals surface area contributed by atoms with Crippen LogP contribution in [0, 0.1) is 0 Å². The van der Waals surface area contributed by atoms with E-state index in [1.54, 1.807) is 31.4 Å². The van der Waals surface area contributed by atoms with E-state index >= 15 is 0 Å². The average molecular weight is 243 g/mol. The lowest BCUT2D eigenvalue weighted by Gasteiger charge is -1.94. The van der Waals surface area contributed by atoms with Gasteiger partial charge in [0.1, 0.15) is 5.69 Å². The van der Waals surface area contributed by atoms with Gasteiger partial charge in [-0.05, 0) is 18.6 Å². The van der Waals surface area contributed by atoms with E-state index in [-0.39, 0.29) is 5.91 Å². The molecule has 1 aliphatic rings. The molecule has 0 aromatic carbocycles. The fourth-order valence-corrected chi connectivity index (χ4v) is 1.31. The molecule has 0 aliphatic carbocycles. The molecule has 16 heavy (non-hydrogen) atoms. The first-order valence-electron chi connectivity index (χ1n) is 5.09. The maximum Gasteiger partial charge on any atom is 0.269 e. The van der Waals surface area contributed by atoms with Crippen LogP contribution in [-0.4, -0.2) is 36.5 Å². The SMILES string of the molecule is CNC(=O)c1ccccn1.ClC1CCOC1. The molecule has 0 radical (unpaired) electrons. The van der Waals surface area contributed by atoms with Gasteiger partial charge in [-0.2, -0.15) is 0 Å². The maximum atomic E-state index is 10.8. The molecule has 0 spiro atoms. The summed E-state index contributed by atoms with van der Waals surface area (Å²) in [5.74, 6) is -0.152. The maximum absolute atomic E-state index is 10.8. The Morgan fingerprint density at radius 1 is 1.62 bits per heavy atom. The number of hydrogen-bond donors (Lipinski definition) is 1. The van der Waals surface area contributed by atoms with E-state index in [0.717, 1.165) is 19.6 Å². The number of carbonyl (C=O) groups is 1. The van der Waals surface area contributed by atoms with Crippen molar-refractivity contribution >= 4 is 17.5 Å². The van der Waals surface area contributed by atoms with Crippen LogP contribution in [0.15, 0.2) is 24.4 Å². The lowest BCUT2D eigenvalue weighted by atomic mass is 10.3. The third-order valence-corrected chi connectivity index (χ3v) is 2.34. The number of halogens is 1. The molecule has 0 saturated carbocycles. The molecule has 1 unspecified atom stereocenters. The Morgan fingerprint density at radius 3 is 2.81 bits per heavy atom. The highest BCUT2D eigenvalue weighted by molar-refractivity contribution is 6.20. The molecule has 1 aliphatic heterocycles. The molecule has 1 atom stereocenters. The Kier molecular flexibility index (Phi) is 5.82. The molecule has 1 aromatic heterocycles. The van der Waals surface area contributed by atoms with Gasteiger partial charge in [0.2, 0.25) is 0 Å². The van der Waals surface area contributed by atoms with E-state index in [4.69, 9.17) is 16.3 Å². The van der Waals surface area contributed by atoms with Gasteiger partial charge in [-0.15, -0.1) is 11.6 Å². The number of aromatic nitrogens is 1. The zero-order chi connectivity index (χ0) is 11.8. The highest BCUT2D eigenvalue weighted by Gasteiger charge is 2.10.